The number of anilines is 1. The quantitative estimate of drug-likeness (QED) is 0.690. The fraction of sp³-hybridized carbons (Fsp3) is 0. The fourth-order valence-corrected chi connectivity index (χ4v) is 2.17. The van der Waals surface area contributed by atoms with Crippen LogP contribution >= 0.6 is 23.6 Å². The lowest BCUT2D eigenvalue weighted by Crippen LogP contribution is -2.18. The van der Waals surface area contributed by atoms with Gasteiger partial charge in [0.1, 0.15) is 5.51 Å². The Bertz CT molecular complexity index is 613. The smallest absolute Gasteiger partial charge is 0.267 e. The third kappa shape index (κ3) is 6.20. The molecule has 0 bridgehead atoms. The summed E-state index contributed by atoms with van der Waals surface area (Å²) in [5.74, 6) is 0. The van der Waals surface area contributed by atoms with Gasteiger partial charge in [0.2, 0.25) is 4.34 Å². The van der Waals surface area contributed by atoms with Crippen molar-refractivity contribution in [3.63, 3.8) is 0 Å². The molecule has 0 saturated heterocycles. The molecular formula is C9H11N5O2S3. The van der Waals surface area contributed by atoms with E-state index in [0.29, 0.717) is 5.11 Å². The van der Waals surface area contributed by atoms with Crippen molar-refractivity contribution in [3.05, 3.63) is 35.8 Å². The predicted molar refractivity (Wildman–Crippen MR) is 78.1 cm³/mol. The Kier molecular flexibility index (Phi) is 5.76. The predicted octanol–water partition coefficient (Wildman–Crippen LogP) is 0.528. The molecule has 102 valence electrons. The molecule has 10 heteroatoms. The van der Waals surface area contributed by atoms with Crippen LogP contribution in [0.2, 0.25) is 0 Å². The average Bonchev–Trinajstić information content (AvgIpc) is 2.83. The molecule has 0 radical (unpaired) electrons. The highest BCUT2D eigenvalue weighted by atomic mass is 32.2. The van der Waals surface area contributed by atoms with E-state index in [9.17, 15) is 8.42 Å². The van der Waals surface area contributed by atoms with E-state index in [-0.39, 0.29) is 4.34 Å². The van der Waals surface area contributed by atoms with E-state index in [1.54, 1.807) is 0 Å². The van der Waals surface area contributed by atoms with Gasteiger partial charge in [-0.05, 0) is 24.4 Å². The van der Waals surface area contributed by atoms with Gasteiger partial charge in [-0.1, -0.05) is 29.5 Å². The monoisotopic (exact) mass is 317 g/mol. The number of nitrogens with one attached hydrogen (secondary N) is 1. The molecule has 0 saturated carbocycles. The van der Waals surface area contributed by atoms with Gasteiger partial charge in [-0.3, -0.25) is 0 Å². The van der Waals surface area contributed by atoms with Crippen LogP contribution in [0, 0.1) is 0 Å². The fourth-order valence-electron chi connectivity index (χ4n) is 0.951. The summed E-state index contributed by atoms with van der Waals surface area (Å²) in [6.07, 6.45) is 0. The Balaban J connectivity index is 0.000000191. The molecule has 5 N–H and O–H groups in total. The molecule has 0 amide bonds. The summed E-state index contributed by atoms with van der Waals surface area (Å²) < 4.78 is 20.6. The molecule has 19 heavy (non-hydrogen) atoms. The van der Waals surface area contributed by atoms with Gasteiger partial charge < -0.3 is 11.1 Å². The highest BCUT2D eigenvalue weighted by Gasteiger charge is 2.09. The molecule has 1 aromatic carbocycles. The third-order valence-electron chi connectivity index (χ3n) is 1.62. The molecule has 1 heterocycles. The summed E-state index contributed by atoms with van der Waals surface area (Å²) in [7, 11) is -3.61. The van der Waals surface area contributed by atoms with Crippen molar-refractivity contribution in [2.45, 2.75) is 4.34 Å². The minimum absolute atomic E-state index is 0.150. The molecule has 2 aromatic rings. The van der Waals surface area contributed by atoms with Crippen LogP contribution in [-0.2, 0) is 10.0 Å². The number of nitrogens with zero attached hydrogens (tertiary/aromatic N) is 2. The van der Waals surface area contributed by atoms with Gasteiger partial charge in [0.15, 0.2) is 5.11 Å². The second-order valence-corrected chi connectivity index (χ2v) is 6.11. The van der Waals surface area contributed by atoms with Gasteiger partial charge in [-0.25, -0.2) is 13.6 Å². The molecule has 0 aliphatic rings. The van der Waals surface area contributed by atoms with Crippen LogP contribution in [0.3, 0.4) is 0 Å². The lowest BCUT2D eigenvalue weighted by atomic mass is 10.3. The van der Waals surface area contributed by atoms with E-state index in [4.69, 9.17) is 5.73 Å². The highest BCUT2D eigenvalue weighted by Crippen LogP contribution is 2.05. The molecule has 0 unspecified atom stereocenters. The van der Waals surface area contributed by atoms with Gasteiger partial charge in [0, 0.05) is 5.69 Å². The number of rotatable bonds is 2. The molecule has 1 aromatic heterocycles. The lowest BCUT2D eigenvalue weighted by molar-refractivity contribution is 0.596. The van der Waals surface area contributed by atoms with E-state index < -0.39 is 10.0 Å². The maximum atomic E-state index is 10.4. The number of benzene rings is 1. The Hall–Kier alpha value is -1.62. The Morgan fingerprint density at radius 2 is 1.95 bits per heavy atom. The van der Waals surface area contributed by atoms with Crippen molar-refractivity contribution in [3.8, 4) is 0 Å². The van der Waals surface area contributed by atoms with Crippen LogP contribution in [0.5, 0.6) is 0 Å². The number of hydrogen-bond acceptors (Lipinski definition) is 6. The number of para-hydroxylation sites is 1. The van der Waals surface area contributed by atoms with Crippen LogP contribution in [0.1, 0.15) is 0 Å². The molecule has 0 fully saturated rings. The minimum atomic E-state index is -3.61. The summed E-state index contributed by atoms with van der Waals surface area (Å²) in [4.78, 5) is 0. The summed E-state index contributed by atoms with van der Waals surface area (Å²) in [5.41, 5.74) is 7.48. The first-order valence-corrected chi connectivity index (χ1v) is 7.63. The zero-order valence-electron chi connectivity index (χ0n) is 9.55. The van der Waals surface area contributed by atoms with E-state index >= 15 is 0 Å². The van der Waals surface area contributed by atoms with E-state index in [1.165, 1.54) is 5.51 Å². The Morgan fingerprint density at radius 1 is 1.32 bits per heavy atom. The molecule has 0 aliphatic heterocycles. The van der Waals surface area contributed by atoms with Crippen molar-refractivity contribution < 1.29 is 8.42 Å². The van der Waals surface area contributed by atoms with E-state index in [1.807, 2.05) is 30.3 Å². The Morgan fingerprint density at radius 3 is 2.32 bits per heavy atom. The van der Waals surface area contributed by atoms with Gasteiger partial charge in [-0.15, -0.1) is 10.2 Å². The van der Waals surface area contributed by atoms with Crippen molar-refractivity contribution >= 4 is 44.4 Å². The summed E-state index contributed by atoms with van der Waals surface area (Å²) >= 11 is 5.54. The molecule has 0 atom stereocenters. The molecule has 0 aliphatic carbocycles. The van der Waals surface area contributed by atoms with Crippen LogP contribution in [-0.4, -0.2) is 23.7 Å². The van der Waals surface area contributed by atoms with Crippen LogP contribution in [0.15, 0.2) is 40.2 Å². The van der Waals surface area contributed by atoms with Crippen LogP contribution < -0.4 is 16.2 Å². The van der Waals surface area contributed by atoms with Crippen LogP contribution in [0.25, 0.3) is 0 Å². The number of aromatic nitrogens is 2. The second kappa shape index (κ2) is 7.09. The van der Waals surface area contributed by atoms with Crippen LogP contribution in [0.4, 0.5) is 5.69 Å². The number of nitrogens with two attached hydrogens (primary N) is 2. The first-order chi connectivity index (χ1) is 8.89. The SMILES string of the molecule is NC(=S)Nc1ccccc1.NS(=O)(=O)c1nncs1. The van der Waals surface area contributed by atoms with Gasteiger partial charge in [0.05, 0.1) is 0 Å². The topological polar surface area (TPSA) is 124 Å². The summed E-state index contributed by atoms with van der Waals surface area (Å²) in [6.45, 7) is 0. The maximum Gasteiger partial charge on any atom is 0.267 e. The zero-order chi connectivity index (χ0) is 14.3. The molecular weight excluding hydrogens is 306 g/mol. The maximum absolute atomic E-state index is 10.4. The number of thiocarbonyl (C=S) groups is 1. The molecule has 7 nitrogen and oxygen atoms in total. The summed E-state index contributed by atoms with van der Waals surface area (Å²) in [6, 6.07) is 9.57. The van der Waals surface area contributed by atoms with Crippen molar-refractivity contribution in [2.75, 3.05) is 5.32 Å². The molecule has 2 rings (SSSR count). The van der Waals surface area contributed by atoms with Gasteiger partial charge in [0.25, 0.3) is 10.0 Å². The number of sulfonamides is 1. The van der Waals surface area contributed by atoms with E-state index in [0.717, 1.165) is 17.0 Å². The largest absolute Gasteiger partial charge is 0.376 e. The van der Waals surface area contributed by atoms with Gasteiger partial charge in [-0.2, -0.15) is 0 Å². The first kappa shape index (κ1) is 15.4. The highest BCUT2D eigenvalue weighted by molar-refractivity contribution is 7.91. The van der Waals surface area contributed by atoms with E-state index in [2.05, 4.69) is 32.9 Å². The molecule has 0 spiro atoms. The lowest BCUT2D eigenvalue weighted by Gasteiger charge is -2.00. The summed E-state index contributed by atoms with van der Waals surface area (Å²) in [5, 5.41) is 14.3. The number of primary sulfonamides is 1. The normalized spacial score (nSPS) is 10.2. The average molecular weight is 317 g/mol. The minimum Gasteiger partial charge on any atom is -0.376 e. The van der Waals surface area contributed by atoms with Crippen molar-refractivity contribution in [1.82, 2.24) is 10.2 Å². The Labute approximate surface area is 119 Å². The zero-order valence-corrected chi connectivity index (χ0v) is 12.0. The third-order valence-corrected chi connectivity index (χ3v) is 3.76. The second-order valence-electron chi connectivity index (χ2n) is 3.10. The van der Waals surface area contributed by atoms with Crippen molar-refractivity contribution in [1.29, 1.82) is 0 Å². The van der Waals surface area contributed by atoms with Gasteiger partial charge >= 0.3 is 0 Å². The standard InChI is InChI=1S/C7H8N2S.C2H3N3O2S2/c8-7(10)9-6-4-2-1-3-5-6;3-9(6,7)2-5-4-1-8-2/h1-5H,(H3,8,9,10);1H,(H2,3,6,7). The van der Waals surface area contributed by atoms with Crippen molar-refractivity contribution in [2.24, 2.45) is 10.9 Å². The number of hydrogen-bond donors (Lipinski definition) is 3. The first-order valence-electron chi connectivity index (χ1n) is 4.80.